The van der Waals surface area contributed by atoms with Crippen molar-refractivity contribution in [3.05, 3.63) is 54.1 Å². The lowest BCUT2D eigenvalue weighted by molar-refractivity contribution is 0.122. The van der Waals surface area contributed by atoms with Crippen LogP contribution < -0.4 is 20.1 Å². The third-order valence-electron chi connectivity index (χ3n) is 6.53. The molecule has 4 aromatic rings. The summed E-state index contributed by atoms with van der Waals surface area (Å²) in [6.07, 6.45) is 1.14. The topological polar surface area (TPSA) is 145 Å². The molecule has 1 atom stereocenters. The number of methoxy groups -OCH3 is 1. The second-order valence-electron chi connectivity index (χ2n) is 9.00. The number of thiol groups is 1. The number of alkyl halides is 1. The molecule has 210 valence electrons. The van der Waals surface area contributed by atoms with Crippen molar-refractivity contribution >= 4 is 33.6 Å². The first kappa shape index (κ1) is 27.6. The largest absolute Gasteiger partial charge is 0.496 e. The highest BCUT2D eigenvalue weighted by molar-refractivity contribution is 7.70. The molecule has 1 fully saturated rings. The van der Waals surface area contributed by atoms with E-state index in [4.69, 9.17) is 25.2 Å². The number of anilines is 2. The molecule has 5 rings (SSSR count). The number of nitrogens with two attached hydrogens (primary N) is 1. The highest BCUT2D eigenvalue weighted by atomic mass is 32.2. The smallest absolute Gasteiger partial charge is 0.219 e. The minimum absolute atomic E-state index is 0.126. The van der Waals surface area contributed by atoms with Crippen LogP contribution in [-0.2, 0) is 15.6 Å². The van der Waals surface area contributed by atoms with Crippen molar-refractivity contribution in [2.75, 3.05) is 50.6 Å². The van der Waals surface area contributed by atoms with E-state index in [1.165, 1.54) is 31.6 Å². The molecular weight excluding hydrogens is 544 g/mol. The van der Waals surface area contributed by atoms with E-state index >= 15 is 4.39 Å². The molecule has 1 saturated heterocycles. The van der Waals surface area contributed by atoms with Crippen molar-refractivity contribution in [2.45, 2.75) is 12.6 Å². The lowest BCUT2D eigenvalue weighted by Gasteiger charge is -2.29. The molecule has 0 spiro atoms. The third-order valence-corrected chi connectivity index (χ3v) is 7.01. The van der Waals surface area contributed by atoms with Gasteiger partial charge in [0.25, 0.3) is 0 Å². The number of fused-ring (bicyclic) bond motifs is 1. The van der Waals surface area contributed by atoms with E-state index in [-0.39, 0.29) is 30.0 Å². The molecule has 0 saturated carbocycles. The average molecular weight is 572 g/mol. The first-order valence-electron chi connectivity index (χ1n) is 12.5. The molecule has 1 unspecified atom stereocenters. The number of rotatable bonds is 9. The first-order chi connectivity index (χ1) is 19.4. The van der Waals surface area contributed by atoms with Crippen molar-refractivity contribution in [1.82, 2.24) is 24.7 Å². The van der Waals surface area contributed by atoms with Gasteiger partial charge in [-0.05, 0) is 12.5 Å². The summed E-state index contributed by atoms with van der Waals surface area (Å²) in [6.45, 7) is 2.05. The van der Waals surface area contributed by atoms with E-state index in [0.29, 0.717) is 65.7 Å². The fraction of sp³-hybridized carbons (Fsp3) is 0.308. The van der Waals surface area contributed by atoms with Crippen LogP contribution in [0.1, 0.15) is 18.2 Å². The van der Waals surface area contributed by atoms with Crippen LogP contribution >= 0.6 is 0 Å². The zero-order valence-electron chi connectivity index (χ0n) is 21.5. The lowest BCUT2D eigenvalue weighted by atomic mass is 9.96. The normalized spacial score (nSPS) is 14.6. The van der Waals surface area contributed by atoms with Crippen molar-refractivity contribution in [3.63, 3.8) is 0 Å². The van der Waals surface area contributed by atoms with Gasteiger partial charge in [-0.3, -0.25) is 0 Å². The van der Waals surface area contributed by atoms with Crippen molar-refractivity contribution in [1.29, 1.82) is 0 Å². The molecule has 0 radical (unpaired) electrons. The van der Waals surface area contributed by atoms with Gasteiger partial charge in [-0.15, -0.1) is 0 Å². The van der Waals surface area contributed by atoms with Crippen molar-refractivity contribution in [3.8, 4) is 28.3 Å². The van der Waals surface area contributed by atoms with E-state index in [1.54, 1.807) is 18.2 Å². The number of ether oxygens (including phenoxy) is 2. The van der Waals surface area contributed by atoms with Crippen LogP contribution in [0.4, 0.5) is 20.5 Å². The molecule has 1 aliphatic heterocycles. The van der Waals surface area contributed by atoms with Gasteiger partial charge in [0, 0.05) is 60.2 Å². The van der Waals surface area contributed by atoms with Crippen LogP contribution in [-0.4, -0.2) is 68.3 Å². The predicted octanol–water partition coefficient (Wildman–Crippen LogP) is 2.84. The summed E-state index contributed by atoms with van der Waals surface area (Å²) in [6, 6.07) is 7.86. The summed E-state index contributed by atoms with van der Waals surface area (Å²) >= 11 is 0. The fourth-order valence-electron chi connectivity index (χ4n) is 4.56. The highest BCUT2D eigenvalue weighted by Gasteiger charge is 2.24. The van der Waals surface area contributed by atoms with Gasteiger partial charge < -0.3 is 20.1 Å². The van der Waals surface area contributed by atoms with Gasteiger partial charge >= 0.3 is 0 Å². The standard InChI is InChI=1S/C26H27F2N7O4S/c1-38-22-12-21-19(11-18(22)16-3-2-4-17(23(16)28)20(27)5-6-32-40(36)37)25(35-7-9-39-10-8-35)34-24(33-21)15-13-30-26(29)31-14-15/h2-4,11-14,20,40H,5-10H2,1H3,(H2,29,30,31)(H,32,36,37). The number of benzene rings is 2. The van der Waals surface area contributed by atoms with Gasteiger partial charge in [0.2, 0.25) is 16.8 Å². The Bertz CT molecular complexity index is 1590. The highest BCUT2D eigenvalue weighted by Crippen LogP contribution is 2.40. The van der Waals surface area contributed by atoms with Gasteiger partial charge in [0.15, 0.2) is 5.82 Å². The Labute approximate surface area is 230 Å². The monoisotopic (exact) mass is 571 g/mol. The Kier molecular flexibility index (Phi) is 8.28. The number of nitrogen functional groups attached to an aromatic ring is 1. The molecule has 2 aromatic heterocycles. The summed E-state index contributed by atoms with van der Waals surface area (Å²) in [5.41, 5.74) is 7.10. The molecule has 0 aliphatic carbocycles. The van der Waals surface area contributed by atoms with Gasteiger partial charge in [0.1, 0.15) is 23.6 Å². The Morgan fingerprint density at radius 1 is 1.15 bits per heavy atom. The molecule has 40 heavy (non-hydrogen) atoms. The van der Waals surface area contributed by atoms with E-state index < -0.39 is 22.9 Å². The first-order valence-corrected chi connectivity index (χ1v) is 13.6. The van der Waals surface area contributed by atoms with Crippen LogP contribution in [0.2, 0.25) is 0 Å². The Hall–Kier alpha value is -4.01. The van der Waals surface area contributed by atoms with Crippen LogP contribution in [0.15, 0.2) is 42.7 Å². The Morgan fingerprint density at radius 2 is 1.90 bits per heavy atom. The van der Waals surface area contributed by atoms with Gasteiger partial charge in [-0.1, -0.05) is 18.2 Å². The maximum absolute atomic E-state index is 15.8. The minimum atomic E-state index is -2.86. The molecule has 14 heteroatoms. The second kappa shape index (κ2) is 12.0. The van der Waals surface area contributed by atoms with E-state index in [0.717, 1.165) is 0 Å². The van der Waals surface area contributed by atoms with Crippen LogP contribution in [0, 0.1) is 5.82 Å². The predicted molar refractivity (Wildman–Crippen MR) is 147 cm³/mol. The van der Waals surface area contributed by atoms with Crippen LogP contribution in [0.3, 0.4) is 0 Å². The Morgan fingerprint density at radius 3 is 2.60 bits per heavy atom. The van der Waals surface area contributed by atoms with Crippen molar-refractivity contribution < 1.29 is 26.7 Å². The Balaban J connectivity index is 1.64. The minimum Gasteiger partial charge on any atom is -0.496 e. The molecule has 0 bridgehead atoms. The van der Waals surface area contributed by atoms with E-state index in [2.05, 4.69) is 19.6 Å². The van der Waals surface area contributed by atoms with Gasteiger partial charge in [0.05, 0.1) is 31.4 Å². The SMILES string of the molecule is COc1cc2nc(-c3cnc(N)nc3)nc(N3CCOCC3)c2cc1-c1cccc(C(F)CCN[SH](=O)=O)c1F. The van der Waals surface area contributed by atoms with E-state index in [1.807, 2.05) is 0 Å². The van der Waals surface area contributed by atoms with Crippen molar-refractivity contribution in [2.24, 2.45) is 0 Å². The number of morpholine rings is 1. The molecule has 0 amide bonds. The number of hydrogen-bond donors (Lipinski definition) is 3. The zero-order valence-corrected chi connectivity index (χ0v) is 22.4. The van der Waals surface area contributed by atoms with E-state index in [9.17, 15) is 12.8 Å². The quantitative estimate of drug-likeness (QED) is 0.256. The molecule has 2 aromatic carbocycles. The third kappa shape index (κ3) is 5.78. The summed E-state index contributed by atoms with van der Waals surface area (Å²) in [5, 5.41) is 0.642. The maximum atomic E-state index is 15.8. The van der Waals surface area contributed by atoms with Gasteiger partial charge in [-0.2, -0.15) is 0 Å². The average Bonchev–Trinajstić information content (AvgIpc) is 2.96. The maximum Gasteiger partial charge on any atom is 0.219 e. The van der Waals surface area contributed by atoms with Crippen LogP contribution in [0.5, 0.6) is 5.75 Å². The van der Waals surface area contributed by atoms with Crippen LogP contribution in [0.25, 0.3) is 33.4 Å². The molecule has 1 aliphatic rings. The number of nitrogens with one attached hydrogen (secondary N) is 1. The lowest BCUT2D eigenvalue weighted by Crippen LogP contribution is -2.37. The molecule has 3 N–H and O–H groups in total. The summed E-state index contributed by atoms with van der Waals surface area (Å²) in [7, 11) is -1.41. The molecule has 11 nitrogen and oxygen atoms in total. The number of nitrogens with zero attached hydrogens (tertiary/aromatic N) is 5. The summed E-state index contributed by atoms with van der Waals surface area (Å²) in [5.74, 6) is 0.687. The fourth-order valence-corrected chi connectivity index (χ4v) is 4.87. The summed E-state index contributed by atoms with van der Waals surface area (Å²) < 4.78 is 65.5. The number of hydrogen-bond acceptors (Lipinski definition) is 10. The zero-order chi connectivity index (χ0) is 28.2. The number of halogens is 2. The van der Waals surface area contributed by atoms with Gasteiger partial charge in [-0.25, -0.2) is 41.9 Å². The molecule has 3 heterocycles. The second-order valence-corrected chi connectivity index (χ2v) is 9.83. The molecular formula is C26H27F2N7O4S. The number of aromatic nitrogens is 4. The summed E-state index contributed by atoms with van der Waals surface area (Å²) in [4.78, 5) is 19.7.